The average molecular weight is 234 g/mol. The van der Waals surface area contributed by atoms with E-state index in [1.807, 2.05) is 0 Å². The minimum Gasteiger partial charge on any atom is -0.346 e. The first-order valence-corrected chi connectivity index (χ1v) is 4.88. The van der Waals surface area contributed by atoms with E-state index in [-0.39, 0.29) is 0 Å². The molecule has 0 fully saturated rings. The first-order chi connectivity index (χ1) is 7.13. The van der Waals surface area contributed by atoms with Crippen LogP contribution < -0.4 is 5.32 Å². The highest BCUT2D eigenvalue weighted by molar-refractivity contribution is 6.17. The summed E-state index contributed by atoms with van der Waals surface area (Å²) in [4.78, 5) is 11.3. The van der Waals surface area contributed by atoms with Gasteiger partial charge in [0, 0.05) is 11.4 Å². The van der Waals surface area contributed by atoms with Gasteiger partial charge in [0.2, 0.25) is 0 Å². The molecule has 0 heterocycles. The van der Waals surface area contributed by atoms with E-state index in [0.29, 0.717) is 11.4 Å². The van der Waals surface area contributed by atoms with Gasteiger partial charge in [-0.15, -0.1) is 11.6 Å². The van der Waals surface area contributed by atoms with Crippen LogP contribution in [0.2, 0.25) is 0 Å². The van der Waals surface area contributed by atoms with Gasteiger partial charge in [-0.05, 0) is 17.7 Å². The molecule has 0 aliphatic rings. The maximum Gasteiger partial charge on any atom is 0.255 e. The first-order valence-electron chi connectivity index (χ1n) is 4.34. The van der Waals surface area contributed by atoms with Crippen molar-refractivity contribution in [1.82, 2.24) is 5.32 Å². The van der Waals surface area contributed by atoms with Gasteiger partial charge in [-0.2, -0.15) is 0 Å². The lowest BCUT2D eigenvalue weighted by Gasteiger charge is -2.04. The molecule has 0 bridgehead atoms. The molecule has 2 nitrogen and oxygen atoms in total. The molecule has 1 amide bonds. The fraction of sp³-hybridized carbons (Fsp3) is 0.300. The van der Waals surface area contributed by atoms with Crippen LogP contribution in [0.1, 0.15) is 15.9 Å². The van der Waals surface area contributed by atoms with Crippen LogP contribution in [0.5, 0.6) is 0 Å². The fourth-order valence-electron chi connectivity index (χ4n) is 1.02. The number of hydrogen-bond donors (Lipinski definition) is 1. The van der Waals surface area contributed by atoms with Crippen molar-refractivity contribution in [2.24, 2.45) is 0 Å². The molecule has 0 unspecified atom stereocenters. The first kappa shape index (κ1) is 11.9. The molecule has 0 aliphatic heterocycles. The molecule has 0 spiro atoms. The Morgan fingerprint density at radius 3 is 2.40 bits per heavy atom. The van der Waals surface area contributed by atoms with E-state index in [1.165, 1.54) is 0 Å². The van der Waals surface area contributed by atoms with Gasteiger partial charge >= 0.3 is 0 Å². The third kappa shape index (κ3) is 3.83. The number of benzene rings is 1. The Balaban J connectivity index is 2.58. The predicted octanol–water partition coefficient (Wildman–Crippen LogP) is 2.42. The molecule has 82 valence electrons. The number of halogens is 3. The summed E-state index contributed by atoms with van der Waals surface area (Å²) < 4.78 is 23.6. The van der Waals surface area contributed by atoms with Crippen molar-refractivity contribution in [2.75, 3.05) is 6.54 Å². The topological polar surface area (TPSA) is 29.1 Å². The number of carbonyl (C=O) groups excluding carboxylic acids is 1. The summed E-state index contributed by atoms with van der Waals surface area (Å²) in [5, 5.41) is 2.11. The van der Waals surface area contributed by atoms with E-state index in [9.17, 15) is 13.6 Å². The molecule has 0 aromatic heterocycles. The summed E-state index contributed by atoms with van der Waals surface area (Å²) in [6.07, 6.45) is -2.53. The van der Waals surface area contributed by atoms with Crippen LogP contribution in [-0.4, -0.2) is 18.9 Å². The molecule has 5 heteroatoms. The maximum atomic E-state index is 11.8. The smallest absolute Gasteiger partial charge is 0.255 e. The lowest BCUT2D eigenvalue weighted by Crippen LogP contribution is -2.28. The molecule has 0 saturated heterocycles. The van der Waals surface area contributed by atoms with Gasteiger partial charge in [-0.3, -0.25) is 4.79 Å². The maximum absolute atomic E-state index is 11.8. The summed E-state index contributed by atoms with van der Waals surface area (Å²) in [7, 11) is 0. The minimum atomic E-state index is -2.53. The molecule has 1 aromatic carbocycles. The van der Waals surface area contributed by atoms with Crippen LogP contribution in [0.3, 0.4) is 0 Å². The van der Waals surface area contributed by atoms with Crippen LogP contribution in [0.4, 0.5) is 8.78 Å². The van der Waals surface area contributed by atoms with Gasteiger partial charge in [-0.25, -0.2) is 8.78 Å². The number of rotatable bonds is 4. The Labute approximate surface area is 91.2 Å². The second-order valence-corrected chi connectivity index (χ2v) is 3.20. The van der Waals surface area contributed by atoms with Crippen molar-refractivity contribution in [3.05, 3.63) is 35.4 Å². The molecular formula is C10H10ClF2NO. The zero-order valence-electron chi connectivity index (χ0n) is 7.84. The molecule has 0 aliphatic carbocycles. The third-order valence-corrected chi connectivity index (χ3v) is 2.10. The summed E-state index contributed by atoms with van der Waals surface area (Å²) in [5.74, 6) is -0.143. The quantitative estimate of drug-likeness (QED) is 0.795. The van der Waals surface area contributed by atoms with Crippen molar-refractivity contribution in [2.45, 2.75) is 12.3 Å². The van der Waals surface area contributed by atoms with Crippen molar-refractivity contribution < 1.29 is 13.6 Å². The standard InChI is InChI=1S/C10H10ClF2NO/c11-5-7-1-3-8(4-2-7)10(15)14-6-9(12)13/h1-4,9H,5-6H2,(H,14,15). The Kier molecular flexibility index (Phi) is 4.49. The SMILES string of the molecule is O=C(NCC(F)F)c1ccc(CCl)cc1. The van der Waals surface area contributed by atoms with Crippen LogP contribution in [-0.2, 0) is 5.88 Å². The van der Waals surface area contributed by atoms with E-state index in [1.54, 1.807) is 24.3 Å². The molecule has 1 N–H and O–H groups in total. The van der Waals surface area contributed by atoms with Gasteiger partial charge < -0.3 is 5.32 Å². The second-order valence-electron chi connectivity index (χ2n) is 2.93. The molecule has 15 heavy (non-hydrogen) atoms. The van der Waals surface area contributed by atoms with Gasteiger partial charge in [0.25, 0.3) is 12.3 Å². The minimum absolute atomic E-state index is 0.351. The summed E-state index contributed by atoms with van der Waals surface area (Å²) in [5.41, 5.74) is 1.23. The zero-order chi connectivity index (χ0) is 11.3. The van der Waals surface area contributed by atoms with Crippen LogP contribution in [0.15, 0.2) is 24.3 Å². The number of alkyl halides is 3. The van der Waals surface area contributed by atoms with Crippen LogP contribution >= 0.6 is 11.6 Å². The van der Waals surface area contributed by atoms with Crippen molar-refractivity contribution >= 4 is 17.5 Å². The van der Waals surface area contributed by atoms with Crippen molar-refractivity contribution in [1.29, 1.82) is 0 Å². The third-order valence-electron chi connectivity index (χ3n) is 1.79. The Morgan fingerprint density at radius 1 is 1.33 bits per heavy atom. The van der Waals surface area contributed by atoms with Crippen LogP contribution in [0.25, 0.3) is 0 Å². The van der Waals surface area contributed by atoms with Crippen molar-refractivity contribution in [3.63, 3.8) is 0 Å². The van der Waals surface area contributed by atoms with E-state index >= 15 is 0 Å². The highest BCUT2D eigenvalue weighted by Crippen LogP contribution is 2.06. The Bertz CT molecular complexity index is 327. The number of nitrogens with one attached hydrogen (secondary N) is 1. The fourth-order valence-corrected chi connectivity index (χ4v) is 1.20. The average Bonchev–Trinajstić information content (AvgIpc) is 2.26. The molecule has 0 atom stereocenters. The molecule has 0 radical (unpaired) electrons. The van der Waals surface area contributed by atoms with E-state index in [2.05, 4.69) is 5.32 Å². The molecule has 1 rings (SSSR count). The highest BCUT2D eigenvalue weighted by atomic mass is 35.5. The Morgan fingerprint density at radius 2 is 1.93 bits per heavy atom. The largest absolute Gasteiger partial charge is 0.346 e. The summed E-state index contributed by atoms with van der Waals surface area (Å²) >= 11 is 5.56. The molecule has 1 aromatic rings. The van der Waals surface area contributed by atoms with Crippen LogP contribution in [0, 0.1) is 0 Å². The highest BCUT2D eigenvalue weighted by Gasteiger charge is 2.08. The summed E-state index contributed by atoms with van der Waals surface area (Å²) in [6.45, 7) is -0.629. The predicted molar refractivity (Wildman–Crippen MR) is 54.3 cm³/mol. The van der Waals surface area contributed by atoms with Gasteiger partial charge in [0.05, 0.1) is 6.54 Å². The van der Waals surface area contributed by atoms with Gasteiger partial charge in [0.15, 0.2) is 0 Å². The summed E-state index contributed by atoms with van der Waals surface area (Å²) in [6, 6.07) is 6.48. The number of carbonyl (C=O) groups is 1. The Hall–Kier alpha value is -1.16. The van der Waals surface area contributed by atoms with Gasteiger partial charge in [-0.1, -0.05) is 12.1 Å². The number of hydrogen-bond acceptors (Lipinski definition) is 1. The molecule has 0 saturated carbocycles. The van der Waals surface area contributed by atoms with E-state index in [4.69, 9.17) is 11.6 Å². The monoisotopic (exact) mass is 233 g/mol. The van der Waals surface area contributed by atoms with Gasteiger partial charge in [0.1, 0.15) is 0 Å². The van der Waals surface area contributed by atoms with Crippen molar-refractivity contribution in [3.8, 4) is 0 Å². The lowest BCUT2D eigenvalue weighted by molar-refractivity contribution is 0.0891. The molecular weight excluding hydrogens is 224 g/mol. The zero-order valence-corrected chi connectivity index (χ0v) is 8.60. The van der Waals surface area contributed by atoms with E-state index in [0.717, 1.165) is 5.56 Å². The second kappa shape index (κ2) is 5.66. The lowest BCUT2D eigenvalue weighted by atomic mass is 10.1. The van der Waals surface area contributed by atoms with E-state index < -0.39 is 18.9 Å². The number of amides is 1. The normalized spacial score (nSPS) is 10.4.